The third-order valence-corrected chi connectivity index (χ3v) is 7.35. The number of rotatable bonds is 7. The molecule has 3 heterocycles. The van der Waals surface area contributed by atoms with Gasteiger partial charge in [-0.1, -0.05) is 17.8 Å². The van der Waals surface area contributed by atoms with Gasteiger partial charge in [0.2, 0.25) is 0 Å². The Morgan fingerprint density at radius 1 is 1.29 bits per heavy atom. The van der Waals surface area contributed by atoms with Crippen molar-refractivity contribution < 1.29 is 17.9 Å². The number of benzene rings is 1. The van der Waals surface area contributed by atoms with Crippen molar-refractivity contribution in [2.75, 3.05) is 32.1 Å². The maximum Gasteiger partial charge on any atom is 0.320 e. The lowest BCUT2D eigenvalue weighted by Crippen LogP contribution is -2.48. The highest BCUT2D eigenvalue weighted by Gasteiger charge is 2.24. The topological polar surface area (TPSA) is 126 Å². The number of ether oxygens (including phenoxy) is 1. The number of hydrogen-bond acceptors (Lipinski definition) is 9. The highest BCUT2D eigenvalue weighted by atomic mass is 32.2. The molecule has 166 valence electrons. The van der Waals surface area contributed by atoms with E-state index in [0.717, 1.165) is 41.1 Å². The molecule has 0 radical (unpaired) electrons. The average molecular weight is 465 g/mol. The molecule has 1 fully saturated rings. The van der Waals surface area contributed by atoms with Crippen LogP contribution in [0.25, 0.3) is 0 Å². The molecular weight excluding hydrogens is 440 g/mol. The maximum absolute atomic E-state index is 12.1. The van der Waals surface area contributed by atoms with Crippen LogP contribution in [0.2, 0.25) is 0 Å². The van der Waals surface area contributed by atoms with Gasteiger partial charge in [-0.25, -0.2) is 9.97 Å². The number of hydrogen-bond donors (Lipinski definition) is 3. The molecule has 0 amide bonds. The third kappa shape index (κ3) is 5.71. The van der Waals surface area contributed by atoms with Crippen LogP contribution >= 0.6 is 11.8 Å². The molecule has 0 unspecified atom stereocenters. The third-order valence-electron chi connectivity index (χ3n) is 5.12. The van der Waals surface area contributed by atoms with E-state index >= 15 is 0 Å². The van der Waals surface area contributed by atoms with Crippen LogP contribution in [0.5, 0.6) is 0 Å². The second-order valence-electron chi connectivity index (χ2n) is 7.34. The normalized spacial score (nSPS) is 16.8. The van der Waals surface area contributed by atoms with Crippen molar-refractivity contribution in [3.05, 3.63) is 36.2 Å². The number of fused-ring (bicyclic) bond motifs is 2. The molecule has 0 aliphatic carbocycles. The Hall–Kier alpha value is -2.25. The Bertz CT molecular complexity index is 1060. The summed E-state index contributed by atoms with van der Waals surface area (Å²) in [5, 5.41) is 4.21. The molecule has 31 heavy (non-hydrogen) atoms. The summed E-state index contributed by atoms with van der Waals surface area (Å²) in [5.41, 5.74) is 2.20. The second kappa shape index (κ2) is 9.49. The molecule has 2 aromatic rings. The van der Waals surface area contributed by atoms with Crippen molar-refractivity contribution in [1.82, 2.24) is 24.3 Å². The Morgan fingerprint density at radius 3 is 2.84 bits per heavy atom. The number of nitrogens with zero attached hydrogens (tertiary/aromatic N) is 3. The van der Waals surface area contributed by atoms with Gasteiger partial charge >= 0.3 is 5.97 Å². The molecule has 2 aliphatic heterocycles. The monoisotopic (exact) mass is 464 g/mol. The van der Waals surface area contributed by atoms with Crippen LogP contribution < -0.4 is 14.8 Å². The first-order valence-corrected chi connectivity index (χ1v) is 12.2. The smallest absolute Gasteiger partial charge is 0.320 e. The summed E-state index contributed by atoms with van der Waals surface area (Å²) in [5.74, 6) is 0.139. The standard InChI is InChI=1S/C19H24N6O4S2/c1-29-17(26)11-22-31(27,28)24-14-4-8-25(9-5-14)12-13-2-3-16-15(10-13)23-18-19(30-16)21-7-6-20-18/h2-3,6-7,10,14,22,24H,4-5,8-9,11-12H2,1H3,(H,20,23). The predicted molar refractivity (Wildman–Crippen MR) is 116 cm³/mol. The lowest BCUT2D eigenvalue weighted by atomic mass is 10.1. The molecule has 1 saturated heterocycles. The van der Waals surface area contributed by atoms with Gasteiger partial charge < -0.3 is 10.1 Å². The number of aromatic nitrogens is 2. The van der Waals surface area contributed by atoms with E-state index in [1.807, 2.05) is 0 Å². The highest BCUT2D eigenvalue weighted by molar-refractivity contribution is 7.99. The maximum atomic E-state index is 12.1. The van der Waals surface area contributed by atoms with Gasteiger partial charge in [-0.2, -0.15) is 17.9 Å². The number of carbonyl (C=O) groups excluding carboxylic acids is 1. The average Bonchev–Trinajstić information content (AvgIpc) is 2.77. The van der Waals surface area contributed by atoms with Crippen LogP contribution in [-0.4, -0.2) is 62.0 Å². The predicted octanol–water partition coefficient (Wildman–Crippen LogP) is 1.25. The van der Waals surface area contributed by atoms with Crippen molar-refractivity contribution in [3.8, 4) is 0 Å². The van der Waals surface area contributed by atoms with Gasteiger partial charge in [-0.15, -0.1) is 0 Å². The Labute approximate surface area is 185 Å². The quantitative estimate of drug-likeness (QED) is 0.443. The first-order chi connectivity index (χ1) is 14.9. The van der Waals surface area contributed by atoms with Crippen LogP contribution in [0.3, 0.4) is 0 Å². The fourth-order valence-electron chi connectivity index (χ4n) is 3.53. The van der Waals surface area contributed by atoms with Crippen LogP contribution in [0, 0.1) is 0 Å². The van der Waals surface area contributed by atoms with Gasteiger partial charge in [-0.3, -0.25) is 9.69 Å². The van der Waals surface area contributed by atoms with Crippen molar-refractivity contribution in [2.24, 2.45) is 0 Å². The minimum absolute atomic E-state index is 0.164. The first-order valence-electron chi connectivity index (χ1n) is 9.87. The summed E-state index contributed by atoms with van der Waals surface area (Å²) < 4.78 is 33.4. The Kier molecular flexibility index (Phi) is 6.72. The Morgan fingerprint density at radius 2 is 2.06 bits per heavy atom. The molecule has 0 spiro atoms. The molecule has 1 aromatic carbocycles. The summed E-state index contributed by atoms with van der Waals surface area (Å²) in [4.78, 5) is 23.2. The van der Waals surface area contributed by atoms with E-state index in [1.165, 1.54) is 12.7 Å². The summed E-state index contributed by atoms with van der Waals surface area (Å²) in [6.45, 7) is 1.95. The molecule has 0 saturated carbocycles. The van der Waals surface area contributed by atoms with Crippen molar-refractivity contribution >= 4 is 39.4 Å². The van der Waals surface area contributed by atoms with E-state index in [4.69, 9.17) is 0 Å². The number of nitrogens with one attached hydrogen (secondary N) is 3. The summed E-state index contributed by atoms with van der Waals surface area (Å²) in [6.07, 6.45) is 4.75. The van der Waals surface area contributed by atoms with Gasteiger partial charge in [0.05, 0.1) is 12.8 Å². The van der Waals surface area contributed by atoms with Gasteiger partial charge in [-0.05, 0) is 30.5 Å². The highest BCUT2D eigenvalue weighted by Crippen LogP contribution is 2.42. The molecule has 1 aromatic heterocycles. The van der Waals surface area contributed by atoms with Gasteiger partial charge in [0, 0.05) is 43.0 Å². The SMILES string of the molecule is COC(=O)CNS(=O)(=O)NC1CCN(Cc2ccc3c(c2)Nc2nccnc2S3)CC1. The zero-order valence-electron chi connectivity index (χ0n) is 17.0. The van der Waals surface area contributed by atoms with Crippen LogP contribution in [0.1, 0.15) is 18.4 Å². The first kappa shape index (κ1) is 22.0. The van der Waals surface area contributed by atoms with E-state index in [1.54, 1.807) is 24.2 Å². The number of anilines is 2. The van der Waals surface area contributed by atoms with Crippen molar-refractivity contribution in [1.29, 1.82) is 0 Å². The largest absolute Gasteiger partial charge is 0.468 e. The lowest BCUT2D eigenvalue weighted by Gasteiger charge is -2.32. The van der Waals surface area contributed by atoms with E-state index in [0.29, 0.717) is 12.8 Å². The van der Waals surface area contributed by atoms with E-state index in [9.17, 15) is 13.2 Å². The number of methoxy groups -OCH3 is 1. The van der Waals surface area contributed by atoms with Crippen LogP contribution in [-0.2, 0) is 26.3 Å². The molecule has 0 bridgehead atoms. The Balaban J connectivity index is 1.28. The number of esters is 1. The summed E-state index contributed by atoms with van der Waals surface area (Å²) in [7, 11) is -2.53. The molecule has 0 atom stereocenters. The number of likely N-dealkylation sites (tertiary alicyclic amines) is 1. The van der Waals surface area contributed by atoms with Crippen molar-refractivity contribution in [2.45, 2.75) is 35.3 Å². The molecule has 10 nitrogen and oxygen atoms in total. The molecule has 2 aliphatic rings. The summed E-state index contributed by atoms with van der Waals surface area (Å²) in [6, 6.07) is 6.17. The fourth-order valence-corrected chi connectivity index (χ4v) is 5.48. The van der Waals surface area contributed by atoms with Crippen LogP contribution in [0.15, 0.2) is 40.5 Å². The van der Waals surface area contributed by atoms with Gasteiger partial charge in [0.15, 0.2) is 5.82 Å². The zero-order chi connectivity index (χ0) is 21.8. The minimum Gasteiger partial charge on any atom is -0.468 e. The fraction of sp³-hybridized carbons (Fsp3) is 0.421. The van der Waals surface area contributed by atoms with E-state index in [2.05, 4.69) is 52.6 Å². The summed E-state index contributed by atoms with van der Waals surface area (Å²) >= 11 is 1.60. The molecule has 4 rings (SSSR count). The molecule has 12 heteroatoms. The second-order valence-corrected chi connectivity index (χ2v) is 9.90. The van der Waals surface area contributed by atoms with E-state index in [-0.39, 0.29) is 12.6 Å². The van der Waals surface area contributed by atoms with Crippen LogP contribution in [0.4, 0.5) is 11.5 Å². The molecule has 3 N–H and O–H groups in total. The van der Waals surface area contributed by atoms with Crippen molar-refractivity contribution in [3.63, 3.8) is 0 Å². The zero-order valence-corrected chi connectivity index (χ0v) is 18.6. The van der Waals surface area contributed by atoms with Gasteiger partial charge in [0.1, 0.15) is 11.6 Å². The van der Waals surface area contributed by atoms with E-state index < -0.39 is 16.2 Å². The number of piperidine rings is 1. The molecular formula is C19H24N6O4S2. The lowest BCUT2D eigenvalue weighted by molar-refractivity contribution is -0.139. The number of carbonyl (C=O) groups is 1. The minimum atomic E-state index is -3.74. The van der Waals surface area contributed by atoms with Gasteiger partial charge in [0.25, 0.3) is 10.2 Å².